The van der Waals surface area contributed by atoms with Crippen molar-refractivity contribution < 1.29 is 23.8 Å². The van der Waals surface area contributed by atoms with E-state index >= 15 is 0 Å². The molecule has 216 valence electrons. The van der Waals surface area contributed by atoms with E-state index < -0.39 is 12.1 Å². The number of amides is 2. The lowest BCUT2D eigenvalue weighted by Crippen LogP contribution is -2.39. The Bertz CT molecular complexity index is 1480. The van der Waals surface area contributed by atoms with Crippen LogP contribution in [0.25, 0.3) is 11.1 Å². The van der Waals surface area contributed by atoms with Crippen LogP contribution in [0.15, 0.2) is 53.5 Å². The van der Waals surface area contributed by atoms with Crippen molar-refractivity contribution in [1.29, 1.82) is 0 Å². The van der Waals surface area contributed by atoms with Crippen LogP contribution in [0.4, 0.5) is 5.69 Å². The molecule has 2 aromatic carbocycles. The number of carbonyl (C=O) groups excluding carboxylic acids is 2. The Morgan fingerprint density at radius 3 is 2.49 bits per heavy atom. The van der Waals surface area contributed by atoms with Crippen LogP contribution in [0, 0.1) is 0 Å². The van der Waals surface area contributed by atoms with Gasteiger partial charge in [0.1, 0.15) is 6.04 Å². The summed E-state index contributed by atoms with van der Waals surface area (Å²) in [5, 5.41) is 8.94. The molecule has 10 nitrogen and oxygen atoms in total. The van der Waals surface area contributed by atoms with Gasteiger partial charge in [-0.05, 0) is 66.8 Å². The number of carbonyl (C=O) groups is 2. The van der Waals surface area contributed by atoms with Crippen molar-refractivity contribution in [2.75, 3.05) is 33.2 Å². The lowest BCUT2D eigenvalue weighted by Gasteiger charge is -2.19. The third-order valence-electron chi connectivity index (χ3n) is 7.09. The standard InChI is InChI=1S/C31H36N4O6/c1-18(31(38)33-15-13-21-8-6-7-14-32-21)34-25-12-10-22-23(17-26(25)37)24(35-19(2)36)11-9-20-16-27(39-3)29(40-4)30(41-5)28(20)22/h6-8,10,12,14,16-18,24H,9,11,13,15H2,1-5H3,(H,33,38)(H,34,37)(H,35,36)/t18-,24-/m0/s1. The monoisotopic (exact) mass is 560 g/mol. The summed E-state index contributed by atoms with van der Waals surface area (Å²) in [6, 6.07) is 11.5. The van der Waals surface area contributed by atoms with E-state index in [1.54, 1.807) is 33.4 Å². The van der Waals surface area contributed by atoms with E-state index in [4.69, 9.17) is 14.2 Å². The van der Waals surface area contributed by atoms with Gasteiger partial charge in [-0.3, -0.25) is 19.4 Å². The van der Waals surface area contributed by atoms with Gasteiger partial charge >= 0.3 is 0 Å². The average Bonchev–Trinajstić information content (AvgIpc) is 3.21. The van der Waals surface area contributed by atoms with E-state index in [1.807, 2.05) is 30.3 Å². The fraction of sp³-hybridized carbons (Fsp3) is 0.355. The number of pyridine rings is 1. The molecule has 4 rings (SSSR count). The molecule has 0 bridgehead atoms. The van der Waals surface area contributed by atoms with Crippen LogP contribution in [0.3, 0.4) is 0 Å². The molecule has 0 spiro atoms. The number of ether oxygens (including phenoxy) is 3. The lowest BCUT2D eigenvalue weighted by atomic mass is 9.95. The summed E-state index contributed by atoms with van der Waals surface area (Å²) in [6.45, 7) is 3.57. The third kappa shape index (κ3) is 6.59. The van der Waals surface area contributed by atoms with Gasteiger partial charge in [0.05, 0.1) is 33.1 Å². The molecule has 0 unspecified atom stereocenters. The van der Waals surface area contributed by atoms with Gasteiger partial charge in [-0.25, -0.2) is 0 Å². The van der Waals surface area contributed by atoms with Gasteiger partial charge < -0.3 is 30.2 Å². The van der Waals surface area contributed by atoms with E-state index in [9.17, 15) is 14.4 Å². The fourth-order valence-electron chi connectivity index (χ4n) is 5.14. The highest BCUT2D eigenvalue weighted by atomic mass is 16.5. The molecule has 0 saturated carbocycles. The minimum absolute atomic E-state index is 0.206. The summed E-state index contributed by atoms with van der Waals surface area (Å²) >= 11 is 0. The number of anilines is 1. The first-order chi connectivity index (χ1) is 19.8. The number of benzene rings is 1. The maximum Gasteiger partial charge on any atom is 0.242 e. The van der Waals surface area contributed by atoms with Gasteiger partial charge in [0.2, 0.25) is 23.0 Å². The number of aryl methyl sites for hydroxylation is 1. The van der Waals surface area contributed by atoms with Gasteiger partial charge in [-0.2, -0.15) is 0 Å². The summed E-state index contributed by atoms with van der Waals surface area (Å²) in [6.07, 6.45) is 3.47. The molecule has 1 aromatic heterocycles. The van der Waals surface area contributed by atoms with Crippen LogP contribution in [-0.4, -0.2) is 50.7 Å². The molecule has 10 heteroatoms. The van der Waals surface area contributed by atoms with Crippen LogP contribution in [0.5, 0.6) is 17.2 Å². The van der Waals surface area contributed by atoms with Gasteiger partial charge in [-0.15, -0.1) is 0 Å². The van der Waals surface area contributed by atoms with Crippen molar-refractivity contribution in [3.05, 3.63) is 75.7 Å². The predicted molar refractivity (Wildman–Crippen MR) is 157 cm³/mol. The summed E-state index contributed by atoms with van der Waals surface area (Å²) < 4.78 is 17.0. The first kappa shape index (κ1) is 29.4. The zero-order chi connectivity index (χ0) is 29.5. The van der Waals surface area contributed by atoms with Gasteiger partial charge in [0.25, 0.3) is 0 Å². The quantitative estimate of drug-likeness (QED) is 0.344. The fourth-order valence-corrected chi connectivity index (χ4v) is 5.14. The Morgan fingerprint density at radius 1 is 1.05 bits per heavy atom. The molecule has 1 aliphatic carbocycles. The minimum Gasteiger partial charge on any atom is -0.493 e. The summed E-state index contributed by atoms with van der Waals surface area (Å²) in [7, 11) is 4.65. The largest absolute Gasteiger partial charge is 0.493 e. The van der Waals surface area contributed by atoms with E-state index in [1.165, 1.54) is 20.1 Å². The first-order valence-corrected chi connectivity index (χ1v) is 13.5. The van der Waals surface area contributed by atoms with Crippen LogP contribution in [-0.2, 0) is 22.4 Å². The first-order valence-electron chi connectivity index (χ1n) is 13.5. The highest BCUT2D eigenvalue weighted by molar-refractivity contribution is 5.85. The van der Waals surface area contributed by atoms with Crippen molar-refractivity contribution in [3.63, 3.8) is 0 Å². The highest BCUT2D eigenvalue weighted by Crippen LogP contribution is 2.50. The molecular formula is C31H36N4O6. The third-order valence-corrected chi connectivity index (χ3v) is 7.09. The Morgan fingerprint density at radius 2 is 1.83 bits per heavy atom. The molecule has 0 aliphatic heterocycles. The number of nitrogens with one attached hydrogen (secondary N) is 3. The number of nitrogens with zero attached hydrogens (tertiary/aromatic N) is 1. The Balaban J connectivity index is 1.70. The second-order valence-corrected chi connectivity index (χ2v) is 9.82. The maximum absolute atomic E-state index is 13.5. The summed E-state index contributed by atoms with van der Waals surface area (Å²) in [5.74, 6) is 0.981. The summed E-state index contributed by atoms with van der Waals surface area (Å²) in [4.78, 5) is 42.7. The van der Waals surface area contributed by atoms with Crippen LogP contribution < -0.4 is 35.6 Å². The molecule has 3 N–H and O–H groups in total. The zero-order valence-corrected chi connectivity index (χ0v) is 24.0. The van der Waals surface area contributed by atoms with Gasteiger partial charge in [-0.1, -0.05) is 12.1 Å². The Hall–Kier alpha value is -4.60. The smallest absolute Gasteiger partial charge is 0.242 e. The van der Waals surface area contributed by atoms with Crippen molar-refractivity contribution in [2.45, 2.75) is 45.2 Å². The van der Waals surface area contributed by atoms with Crippen molar-refractivity contribution in [1.82, 2.24) is 15.6 Å². The normalized spacial score (nSPS) is 14.4. The molecule has 2 atom stereocenters. The SMILES string of the molecule is COc1cc2c(c(OC)c1OC)-c1ccc(N[C@@H](C)C(=O)NCCc3ccccn3)c(=O)cc1[C@@H](NC(C)=O)CC2. The number of hydrogen-bond acceptors (Lipinski definition) is 8. The maximum atomic E-state index is 13.5. The number of rotatable bonds is 10. The molecule has 3 aromatic rings. The minimum atomic E-state index is -0.675. The van der Waals surface area contributed by atoms with E-state index in [0.29, 0.717) is 54.2 Å². The van der Waals surface area contributed by atoms with Gasteiger partial charge in [0, 0.05) is 37.3 Å². The second-order valence-electron chi connectivity index (χ2n) is 9.82. The molecule has 1 aliphatic rings. The van der Waals surface area contributed by atoms with Crippen molar-refractivity contribution in [3.8, 4) is 28.4 Å². The zero-order valence-electron chi connectivity index (χ0n) is 24.0. The topological polar surface area (TPSA) is 128 Å². The Kier molecular flexibility index (Phi) is 9.44. The molecule has 0 saturated heterocycles. The molecule has 0 fully saturated rings. The second kappa shape index (κ2) is 13.2. The van der Waals surface area contributed by atoms with E-state index in [2.05, 4.69) is 20.9 Å². The number of methoxy groups -OCH3 is 3. The van der Waals surface area contributed by atoms with Crippen LogP contribution >= 0.6 is 0 Å². The highest BCUT2D eigenvalue weighted by Gasteiger charge is 2.29. The number of hydrogen-bond donors (Lipinski definition) is 3. The Labute approximate surface area is 239 Å². The summed E-state index contributed by atoms with van der Waals surface area (Å²) in [5.41, 5.74) is 3.88. The van der Waals surface area contributed by atoms with Crippen molar-refractivity contribution >= 4 is 17.5 Å². The van der Waals surface area contributed by atoms with E-state index in [0.717, 1.165) is 16.8 Å². The lowest BCUT2D eigenvalue weighted by molar-refractivity contribution is -0.121. The average molecular weight is 561 g/mol. The molecule has 1 heterocycles. The molecular weight excluding hydrogens is 524 g/mol. The van der Waals surface area contributed by atoms with Crippen LogP contribution in [0.1, 0.15) is 43.1 Å². The van der Waals surface area contributed by atoms with Crippen molar-refractivity contribution in [2.24, 2.45) is 0 Å². The molecule has 2 amide bonds. The van der Waals surface area contributed by atoms with Gasteiger partial charge in [0.15, 0.2) is 11.5 Å². The molecule has 0 radical (unpaired) electrons. The predicted octanol–water partition coefficient (Wildman–Crippen LogP) is 3.42. The van der Waals surface area contributed by atoms with Crippen LogP contribution in [0.2, 0.25) is 0 Å². The number of aromatic nitrogens is 1. The van der Waals surface area contributed by atoms with E-state index in [-0.39, 0.29) is 22.9 Å². The number of fused-ring (bicyclic) bond motifs is 3. The molecule has 41 heavy (non-hydrogen) atoms.